The molecule has 1 atom stereocenters. The van der Waals surface area contributed by atoms with Crippen LogP contribution in [0.1, 0.15) is 20.3 Å². The quantitative estimate of drug-likeness (QED) is 0.574. The van der Waals surface area contributed by atoms with Crippen LogP contribution in [0, 0.1) is 0 Å². The summed E-state index contributed by atoms with van der Waals surface area (Å²) in [5.41, 5.74) is 0. The van der Waals surface area contributed by atoms with E-state index in [9.17, 15) is 0 Å². The van der Waals surface area contributed by atoms with E-state index >= 15 is 0 Å². The van der Waals surface area contributed by atoms with Gasteiger partial charge in [0.2, 0.25) is 0 Å². The minimum atomic E-state index is 0.365. The molecule has 0 fully saturated rings. The lowest BCUT2D eigenvalue weighted by Gasteiger charge is -2.21. The maximum Gasteiger partial charge on any atom is 0.0710 e. The molecule has 0 bridgehead atoms. The minimum absolute atomic E-state index is 0.365. The maximum atomic E-state index is 5.39. The molecule has 0 aromatic rings. The molecule has 0 saturated carbocycles. The number of likely N-dealkylation sites (N-methyl/N-ethyl adjacent to an activating group) is 1. The second-order valence-corrected chi connectivity index (χ2v) is 3.35. The molecule has 0 aliphatic rings. The van der Waals surface area contributed by atoms with Gasteiger partial charge in [0.1, 0.15) is 0 Å². The summed E-state index contributed by atoms with van der Waals surface area (Å²) in [6.45, 7) is 8.49. The van der Waals surface area contributed by atoms with Crippen LogP contribution in [-0.2, 0) is 4.74 Å². The molecule has 0 aromatic carbocycles. The number of hydrogen-bond donors (Lipinski definition) is 1. The molecular weight excluding hydrogens is 164 g/mol. The van der Waals surface area contributed by atoms with E-state index in [1.807, 2.05) is 0 Å². The van der Waals surface area contributed by atoms with E-state index in [-0.39, 0.29) is 0 Å². The van der Waals surface area contributed by atoms with Crippen molar-refractivity contribution in [3.63, 3.8) is 0 Å². The van der Waals surface area contributed by atoms with Crippen LogP contribution < -0.4 is 5.32 Å². The topological polar surface area (TPSA) is 24.5 Å². The van der Waals surface area contributed by atoms with Gasteiger partial charge >= 0.3 is 0 Å². The Hall–Kier alpha value is -0.120. The molecule has 3 nitrogen and oxygen atoms in total. The summed E-state index contributed by atoms with van der Waals surface area (Å²) in [5, 5.41) is 3.31. The Balaban J connectivity index is 3.50. The molecule has 0 radical (unpaired) electrons. The highest BCUT2D eigenvalue weighted by Crippen LogP contribution is 1.98. The Labute approximate surface area is 82.4 Å². The average molecular weight is 188 g/mol. The Kier molecular flexibility index (Phi) is 8.40. The predicted molar refractivity (Wildman–Crippen MR) is 57.1 cm³/mol. The monoisotopic (exact) mass is 188 g/mol. The summed E-state index contributed by atoms with van der Waals surface area (Å²) in [6, 6.07) is 0. The lowest BCUT2D eigenvalue weighted by atomic mass is 10.2. The van der Waals surface area contributed by atoms with Crippen molar-refractivity contribution in [3.8, 4) is 0 Å². The number of methoxy groups -OCH3 is 1. The van der Waals surface area contributed by atoms with Crippen molar-refractivity contribution in [3.05, 3.63) is 0 Å². The first-order valence-electron chi connectivity index (χ1n) is 5.16. The van der Waals surface area contributed by atoms with Gasteiger partial charge in [0.15, 0.2) is 0 Å². The van der Waals surface area contributed by atoms with Crippen LogP contribution in [-0.4, -0.2) is 51.3 Å². The van der Waals surface area contributed by atoms with Crippen LogP contribution in [0.2, 0.25) is 0 Å². The van der Waals surface area contributed by atoms with Gasteiger partial charge in [-0.05, 0) is 33.1 Å². The molecule has 0 heterocycles. The van der Waals surface area contributed by atoms with Gasteiger partial charge in [-0.15, -0.1) is 0 Å². The Morgan fingerprint density at radius 3 is 2.54 bits per heavy atom. The Morgan fingerprint density at radius 1 is 1.38 bits per heavy atom. The molecule has 13 heavy (non-hydrogen) atoms. The summed E-state index contributed by atoms with van der Waals surface area (Å²) in [7, 11) is 3.92. The summed E-state index contributed by atoms with van der Waals surface area (Å²) >= 11 is 0. The fraction of sp³-hybridized carbons (Fsp3) is 1.00. The molecule has 3 heteroatoms. The highest BCUT2D eigenvalue weighted by atomic mass is 16.5. The van der Waals surface area contributed by atoms with Crippen LogP contribution in [0.5, 0.6) is 0 Å². The van der Waals surface area contributed by atoms with Gasteiger partial charge in [0, 0.05) is 13.7 Å². The standard InChI is InChI=1S/C10H24N2O/c1-5-11-8-7-10(13-4)9-12(3)6-2/h10-11H,5-9H2,1-4H3/t10-/m0/s1. The zero-order valence-corrected chi connectivity index (χ0v) is 9.47. The zero-order valence-electron chi connectivity index (χ0n) is 9.47. The number of nitrogens with zero attached hydrogens (tertiary/aromatic N) is 1. The highest BCUT2D eigenvalue weighted by molar-refractivity contribution is 4.63. The normalized spacial score (nSPS) is 13.6. The van der Waals surface area contributed by atoms with Crippen molar-refractivity contribution in [1.82, 2.24) is 10.2 Å². The molecule has 0 rings (SSSR count). The smallest absolute Gasteiger partial charge is 0.0710 e. The highest BCUT2D eigenvalue weighted by Gasteiger charge is 2.08. The summed E-state index contributed by atoms with van der Waals surface area (Å²) < 4.78 is 5.39. The second-order valence-electron chi connectivity index (χ2n) is 3.35. The van der Waals surface area contributed by atoms with Crippen molar-refractivity contribution < 1.29 is 4.74 Å². The van der Waals surface area contributed by atoms with E-state index in [2.05, 4.69) is 31.1 Å². The molecule has 0 saturated heterocycles. The van der Waals surface area contributed by atoms with E-state index in [4.69, 9.17) is 4.74 Å². The van der Waals surface area contributed by atoms with E-state index in [1.54, 1.807) is 7.11 Å². The first-order valence-corrected chi connectivity index (χ1v) is 5.16. The molecule has 0 aromatic heterocycles. The van der Waals surface area contributed by atoms with E-state index in [0.717, 1.165) is 32.6 Å². The molecule has 80 valence electrons. The van der Waals surface area contributed by atoms with E-state index in [0.29, 0.717) is 6.10 Å². The molecular formula is C10H24N2O. The largest absolute Gasteiger partial charge is 0.380 e. The van der Waals surface area contributed by atoms with Crippen molar-refractivity contribution in [1.29, 1.82) is 0 Å². The Morgan fingerprint density at radius 2 is 2.08 bits per heavy atom. The van der Waals surface area contributed by atoms with E-state index < -0.39 is 0 Å². The van der Waals surface area contributed by atoms with Crippen LogP contribution in [0.25, 0.3) is 0 Å². The van der Waals surface area contributed by atoms with E-state index in [1.165, 1.54) is 0 Å². The molecule has 0 spiro atoms. The number of ether oxygens (including phenoxy) is 1. The van der Waals surface area contributed by atoms with Gasteiger partial charge in [-0.25, -0.2) is 0 Å². The van der Waals surface area contributed by atoms with Gasteiger partial charge in [0.05, 0.1) is 6.10 Å². The third-order valence-corrected chi connectivity index (χ3v) is 2.28. The van der Waals surface area contributed by atoms with Gasteiger partial charge in [0.25, 0.3) is 0 Å². The molecule has 1 N–H and O–H groups in total. The summed E-state index contributed by atoms with van der Waals surface area (Å²) in [5.74, 6) is 0. The van der Waals surface area contributed by atoms with Crippen molar-refractivity contribution in [2.45, 2.75) is 26.4 Å². The molecule has 0 amide bonds. The summed E-state index contributed by atoms with van der Waals surface area (Å²) in [6.07, 6.45) is 1.46. The van der Waals surface area contributed by atoms with Gasteiger partial charge in [-0.3, -0.25) is 0 Å². The van der Waals surface area contributed by atoms with Gasteiger partial charge < -0.3 is 15.0 Å². The van der Waals surface area contributed by atoms with Crippen molar-refractivity contribution in [2.75, 3.05) is 40.3 Å². The molecule has 0 aliphatic carbocycles. The lowest BCUT2D eigenvalue weighted by molar-refractivity contribution is 0.0671. The predicted octanol–water partition coefficient (Wildman–Crippen LogP) is 0.953. The van der Waals surface area contributed by atoms with Crippen LogP contribution in [0.4, 0.5) is 0 Å². The minimum Gasteiger partial charge on any atom is -0.380 e. The SMILES string of the molecule is CCNCC[C@@H](CN(C)CC)OC. The lowest BCUT2D eigenvalue weighted by Crippen LogP contribution is -2.32. The third kappa shape index (κ3) is 6.99. The number of nitrogens with one attached hydrogen (secondary N) is 1. The molecule has 0 aliphatic heterocycles. The average Bonchev–Trinajstić information content (AvgIpc) is 2.16. The first-order chi connectivity index (χ1) is 6.24. The van der Waals surface area contributed by atoms with Crippen LogP contribution >= 0.6 is 0 Å². The van der Waals surface area contributed by atoms with Crippen molar-refractivity contribution in [2.24, 2.45) is 0 Å². The third-order valence-electron chi connectivity index (χ3n) is 2.28. The van der Waals surface area contributed by atoms with Crippen LogP contribution in [0.15, 0.2) is 0 Å². The first kappa shape index (κ1) is 12.9. The summed E-state index contributed by atoms with van der Waals surface area (Å²) in [4.78, 5) is 2.28. The molecule has 0 unspecified atom stereocenters. The number of hydrogen-bond acceptors (Lipinski definition) is 3. The Bertz CT molecular complexity index is 109. The fourth-order valence-electron chi connectivity index (χ4n) is 1.20. The van der Waals surface area contributed by atoms with Gasteiger partial charge in [-0.1, -0.05) is 13.8 Å². The van der Waals surface area contributed by atoms with Crippen molar-refractivity contribution >= 4 is 0 Å². The fourth-order valence-corrected chi connectivity index (χ4v) is 1.20. The number of rotatable bonds is 8. The zero-order chi connectivity index (χ0) is 10.1. The van der Waals surface area contributed by atoms with Gasteiger partial charge in [-0.2, -0.15) is 0 Å². The maximum absolute atomic E-state index is 5.39. The second kappa shape index (κ2) is 8.48. The van der Waals surface area contributed by atoms with Crippen LogP contribution in [0.3, 0.4) is 0 Å².